The van der Waals surface area contributed by atoms with E-state index in [9.17, 15) is 0 Å². The van der Waals surface area contributed by atoms with Crippen molar-refractivity contribution in [1.29, 1.82) is 0 Å². The molecule has 0 radical (unpaired) electrons. The zero-order chi connectivity index (χ0) is 12.9. The minimum atomic E-state index is 0. The molecule has 0 fully saturated rings. The summed E-state index contributed by atoms with van der Waals surface area (Å²) < 4.78 is 0. The maximum atomic E-state index is 5.35. The van der Waals surface area contributed by atoms with E-state index in [0.717, 1.165) is 0 Å². The van der Waals surface area contributed by atoms with Gasteiger partial charge >= 0.3 is 0 Å². The first-order valence-electron chi connectivity index (χ1n) is 6.01. The van der Waals surface area contributed by atoms with Crippen LogP contribution >= 0.6 is 0 Å². The van der Waals surface area contributed by atoms with Crippen molar-refractivity contribution in [2.24, 2.45) is 5.73 Å². The molecule has 3 aromatic carbocycles. The van der Waals surface area contributed by atoms with Gasteiger partial charge in [-0.3, -0.25) is 0 Å². The van der Waals surface area contributed by atoms with Crippen molar-refractivity contribution in [2.45, 2.75) is 6.54 Å². The summed E-state index contributed by atoms with van der Waals surface area (Å²) in [5.41, 5.74) is 6.54. The van der Waals surface area contributed by atoms with E-state index in [1.54, 1.807) is 0 Å². The molecule has 0 saturated heterocycles. The fourth-order valence-corrected chi connectivity index (χ4v) is 1.26. The van der Waals surface area contributed by atoms with E-state index in [4.69, 9.17) is 5.73 Å². The van der Waals surface area contributed by atoms with Gasteiger partial charge in [0.15, 0.2) is 0 Å². The molecule has 0 aliphatic heterocycles. The zero-order valence-electron chi connectivity index (χ0n) is 10.8. The summed E-state index contributed by atoms with van der Waals surface area (Å²) in [6, 6.07) is 30.0. The molecule has 3 rings (SSSR count). The molecule has 0 aliphatic rings. The Labute approximate surface area is 126 Å². The summed E-state index contributed by atoms with van der Waals surface area (Å²) in [5, 5.41) is 0. The molecule has 0 bridgehead atoms. The minimum absolute atomic E-state index is 0. The van der Waals surface area contributed by atoms with Gasteiger partial charge in [0.2, 0.25) is 0 Å². The van der Waals surface area contributed by atoms with Crippen LogP contribution in [0.5, 0.6) is 0 Å². The average molecular weight is 293 g/mol. The Bertz CT molecular complexity index is 383. The van der Waals surface area contributed by atoms with Crippen LogP contribution in [0.4, 0.5) is 0 Å². The molecule has 19 heavy (non-hydrogen) atoms. The van der Waals surface area contributed by atoms with Gasteiger partial charge in [0.1, 0.15) is 0 Å². The Morgan fingerprint density at radius 1 is 0.737 bits per heavy atom. The third-order valence-electron chi connectivity index (χ3n) is 2.19. The van der Waals surface area contributed by atoms with Gasteiger partial charge in [0.25, 0.3) is 0 Å². The van der Waals surface area contributed by atoms with Crippen LogP contribution in [0, 0.1) is 0 Å². The summed E-state index contributed by atoms with van der Waals surface area (Å²) in [7, 11) is 0. The van der Waals surface area contributed by atoms with E-state index in [1.165, 1.54) is 5.56 Å². The second-order valence-electron chi connectivity index (χ2n) is 3.61. The molecule has 0 unspecified atom stereocenters. The van der Waals surface area contributed by atoms with Crippen LogP contribution in [0.1, 0.15) is 5.56 Å². The first-order chi connectivity index (χ1) is 8.93. The van der Waals surface area contributed by atoms with Crippen molar-refractivity contribution in [1.82, 2.24) is 0 Å². The van der Waals surface area contributed by atoms with Crippen molar-refractivity contribution in [3.8, 4) is 0 Å². The number of hydrogen-bond acceptors (Lipinski definition) is 1. The summed E-state index contributed by atoms with van der Waals surface area (Å²) in [4.78, 5) is 0. The standard InChI is InChI=1S/C7H9N.2C5H5.Fe/c8-6-7-4-2-1-3-5-7;2*1-2-4-5-3-1;/h1-5H,6,8H2;2*1-5H;/q;-5;-1;. The normalized spacial score (nSPS) is 8.05. The maximum Gasteiger partial charge on any atom is 0.0178 e. The van der Waals surface area contributed by atoms with Crippen LogP contribution < -0.4 is 5.73 Å². The third-order valence-corrected chi connectivity index (χ3v) is 2.19. The SMILES string of the molecule is NCc1ccccc1.[Fe].[cH-]1[cH-][cH-][cH-][cH-]1.c1cc[cH-]c1. The molecule has 0 heterocycles. The predicted molar refractivity (Wildman–Crippen MR) is 78.4 cm³/mol. The number of nitrogens with two attached hydrogens (primary N) is 1. The molecule has 1 nitrogen and oxygen atoms in total. The Kier molecular flexibility index (Phi) is 11.8. The molecule has 0 aliphatic carbocycles. The largest absolute Gasteiger partial charge is 0.748 e. The molecule has 0 saturated carbocycles. The second-order valence-corrected chi connectivity index (χ2v) is 3.61. The predicted octanol–water partition coefficient (Wildman–Crippen LogP) is 3.95. The van der Waals surface area contributed by atoms with E-state index in [0.29, 0.717) is 6.54 Å². The maximum absolute atomic E-state index is 5.35. The van der Waals surface area contributed by atoms with E-state index >= 15 is 0 Å². The fraction of sp³-hybridized carbons (Fsp3) is 0.0588. The first kappa shape index (κ1) is 17.4. The Hall–Kier alpha value is -1.60. The average Bonchev–Trinajstić information content (AvgIpc) is 3.17. The van der Waals surface area contributed by atoms with Gasteiger partial charge in [-0.25, -0.2) is 12.1 Å². The monoisotopic (exact) mass is 293 g/mol. The summed E-state index contributed by atoms with van der Waals surface area (Å²) in [6.45, 7) is 0.640. The molecular formula is C17H19FeN-6. The fourth-order valence-electron chi connectivity index (χ4n) is 1.26. The van der Waals surface area contributed by atoms with Crippen molar-refractivity contribution in [3.63, 3.8) is 0 Å². The molecule has 0 atom stereocenters. The van der Waals surface area contributed by atoms with Gasteiger partial charge in [-0.1, -0.05) is 30.3 Å². The number of benzene rings is 1. The van der Waals surface area contributed by atoms with Gasteiger partial charge < -0.3 is 36.1 Å². The summed E-state index contributed by atoms with van der Waals surface area (Å²) >= 11 is 0. The van der Waals surface area contributed by atoms with Gasteiger partial charge in [0, 0.05) is 23.6 Å². The van der Waals surface area contributed by atoms with Gasteiger partial charge in [-0.15, -0.1) is 0 Å². The Balaban J connectivity index is 0.000000259. The van der Waals surface area contributed by atoms with E-state index in [-0.39, 0.29) is 17.1 Å². The van der Waals surface area contributed by atoms with Gasteiger partial charge in [0.05, 0.1) is 0 Å². The molecule has 0 amide bonds. The number of rotatable bonds is 1. The van der Waals surface area contributed by atoms with Crippen LogP contribution in [-0.4, -0.2) is 0 Å². The van der Waals surface area contributed by atoms with Crippen molar-refractivity contribution >= 4 is 0 Å². The summed E-state index contributed by atoms with van der Waals surface area (Å²) in [6.07, 6.45) is 0. The molecule has 2 heteroatoms. The molecule has 0 spiro atoms. The number of hydrogen-bond donors (Lipinski definition) is 1. The third kappa shape index (κ3) is 10.0. The first-order valence-corrected chi connectivity index (χ1v) is 6.01. The molecule has 2 N–H and O–H groups in total. The summed E-state index contributed by atoms with van der Waals surface area (Å²) in [5.74, 6) is 0. The van der Waals surface area contributed by atoms with Crippen LogP contribution in [0.2, 0.25) is 0 Å². The molecular weight excluding hydrogens is 274 g/mol. The molecule has 0 aromatic heterocycles. The van der Waals surface area contributed by atoms with Crippen LogP contribution in [-0.2, 0) is 23.6 Å². The minimum Gasteiger partial charge on any atom is -0.748 e. The smallest absolute Gasteiger partial charge is 0.0178 e. The Morgan fingerprint density at radius 3 is 1.47 bits per heavy atom. The quantitative estimate of drug-likeness (QED) is 0.533. The van der Waals surface area contributed by atoms with E-state index in [2.05, 4.69) is 0 Å². The van der Waals surface area contributed by atoms with Crippen molar-refractivity contribution < 1.29 is 17.1 Å². The van der Waals surface area contributed by atoms with Crippen LogP contribution in [0.25, 0.3) is 0 Å². The van der Waals surface area contributed by atoms with Crippen molar-refractivity contribution in [2.75, 3.05) is 0 Å². The van der Waals surface area contributed by atoms with Crippen molar-refractivity contribution in [3.05, 3.63) is 96.6 Å². The van der Waals surface area contributed by atoms with Gasteiger partial charge in [-0.05, 0) is 5.56 Å². The molecule has 106 valence electrons. The van der Waals surface area contributed by atoms with E-state index < -0.39 is 0 Å². The topological polar surface area (TPSA) is 26.0 Å². The van der Waals surface area contributed by atoms with E-state index in [1.807, 2.05) is 91.0 Å². The van der Waals surface area contributed by atoms with Crippen LogP contribution in [0.3, 0.4) is 0 Å². The zero-order valence-corrected chi connectivity index (χ0v) is 11.9. The molecule has 3 aromatic rings. The van der Waals surface area contributed by atoms with Crippen LogP contribution in [0.15, 0.2) is 91.0 Å². The Morgan fingerprint density at radius 2 is 1.21 bits per heavy atom. The second kappa shape index (κ2) is 12.8. The van der Waals surface area contributed by atoms with Gasteiger partial charge in [-0.2, -0.15) is 18.2 Å².